The van der Waals surface area contributed by atoms with E-state index < -0.39 is 17.9 Å². The summed E-state index contributed by atoms with van der Waals surface area (Å²) in [4.78, 5) is 23.4. The highest BCUT2D eigenvalue weighted by Crippen LogP contribution is 2.32. The first-order valence-corrected chi connectivity index (χ1v) is 7.85. The zero-order valence-corrected chi connectivity index (χ0v) is 13.3. The summed E-state index contributed by atoms with van der Waals surface area (Å²) in [7, 11) is 0. The molecule has 0 spiro atoms. The van der Waals surface area contributed by atoms with E-state index in [1.165, 1.54) is 6.42 Å². The lowest BCUT2D eigenvalue weighted by Gasteiger charge is -2.27. The highest BCUT2D eigenvalue weighted by molar-refractivity contribution is 5.79. The number of hydrogen-bond acceptors (Lipinski definition) is 3. The highest BCUT2D eigenvalue weighted by atomic mass is 16.5. The minimum Gasteiger partial charge on any atom is -0.481 e. The molecule has 0 bridgehead atoms. The Kier molecular flexibility index (Phi) is 6.93. The molecule has 1 aliphatic carbocycles. The maximum absolute atomic E-state index is 11.9. The Hall–Kier alpha value is -1.32. The molecule has 0 saturated heterocycles. The fraction of sp³-hybridized carbons (Fsp3) is 0.765. The third-order valence-corrected chi connectivity index (χ3v) is 4.24. The minimum atomic E-state index is -0.871. The van der Waals surface area contributed by atoms with Gasteiger partial charge in [0.15, 0.2) is 0 Å². The van der Waals surface area contributed by atoms with Crippen molar-refractivity contribution < 1.29 is 19.4 Å². The third-order valence-electron chi connectivity index (χ3n) is 4.24. The largest absolute Gasteiger partial charge is 0.481 e. The molecular formula is C17H28O4. The van der Waals surface area contributed by atoms with Crippen molar-refractivity contribution in [3.8, 4) is 0 Å². The molecule has 1 fully saturated rings. The van der Waals surface area contributed by atoms with Crippen LogP contribution in [0.15, 0.2) is 12.7 Å². The molecular weight excluding hydrogens is 268 g/mol. The van der Waals surface area contributed by atoms with E-state index in [1.807, 2.05) is 13.8 Å². The van der Waals surface area contributed by atoms with Gasteiger partial charge in [0.05, 0.1) is 18.9 Å². The van der Waals surface area contributed by atoms with Crippen molar-refractivity contribution in [1.82, 2.24) is 0 Å². The predicted octanol–water partition coefficient (Wildman–Crippen LogP) is 3.80. The van der Waals surface area contributed by atoms with Gasteiger partial charge in [0.2, 0.25) is 0 Å². The topological polar surface area (TPSA) is 63.6 Å². The minimum absolute atomic E-state index is 0.00975. The predicted molar refractivity (Wildman–Crippen MR) is 81.9 cm³/mol. The van der Waals surface area contributed by atoms with Gasteiger partial charge in [0.25, 0.3) is 0 Å². The van der Waals surface area contributed by atoms with Gasteiger partial charge in [0.1, 0.15) is 0 Å². The van der Waals surface area contributed by atoms with Crippen molar-refractivity contribution in [2.75, 3.05) is 6.61 Å². The van der Waals surface area contributed by atoms with Crippen LogP contribution in [0.25, 0.3) is 0 Å². The van der Waals surface area contributed by atoms with Gasteiger partial charge in [-0.1, -0.05) is 39.2 Å². The molecule has 0 radical (unpaired) electrons. The summed E-state index contributed by atoms with van der Waals surface area (Å²) in [6, 6.07) is 0. The van der Waals surface area contributed by atoms with Crippen molar-refractivity contribution in [3.63, 3.8) is 0 Å². The van der Waals surface area contributed by atoms with Gasteiger partial charge >= 0.3 is 11.9 Å². The first-order chi connectivity index (χ1) is 9.85. The number of carboxylic acids is 1. The van der Waals surface area contributed by atoms with Crippen LogP contribution in [-0.4, -0.2) is 23.7 Å². The molecule has 4 nitrogen and oxygen atoms in total. The molecule has 0 aliphatic heterocycles. The van der Waals surface area contributed by atoms with Gasteiger partial charge in [-0.15, -0.1) is 6.58 Å². The molecule has 0 amide bonds. The Morgan fingerprint density at radius 3 is 2.48 bits per heavy atom. The van der Waals surface area contributed by atoms with Crippen molar-refractivity contribution >= 4 is 11.9 Å². The fourth-order valence-corrected chi connectivity index (χ4v) is 2.96. The number of aliphatic carboxylic acids is 1. The second-order valence-corrected chi connectivity index (χ2v) is 6.86. The van der Waals surface area contributed by atoms with E-state index in [9.17, 15) is 14.7 Å². The van der Waals surface area contributed by atoms with Crippen LogP contribution in [0.3, 0.4) is 0 Å². The zero-order valence-electron chi connectivity index (χ0n) is 13.3. The normalized spacial score (nSPS) is 18.0. The maximum Gasteiger partial charge on any atom is 0.307 e. The second kappa shape index (κ2) is 8.20. The number of ether oxygens (including phenoxy) is 1. The Bertz CT molecular complexity index is 367. The van der Waals surface area contributed by atoms with Crippen molar-refractivity contribution in [1.29, 1.82) is 0 Å². The van der Waals surface area contributed by atoms with Crippen LogP contribution in [-0.2, 0) is 14.3 Å². The number of rotatable bonds is 8. The van der Waals surface area contributed by atoms with Crippen molar-refractivity contribution in [2.24, 2.45) is 17.3 Å². The van der Waals surface area contributed by atoms with E-state index in [-0.39, 0.29) is 17.8 Å². The monoisotopic (exact) mass is 296 g/mol. The summed E-state index contributed by atoms with van der Waals surface area (Å²) in [5, 5.41) is 9.37. The van der Waals surface area contributed by atoms with Crippen LogP contribution in [0.1, 0.15) is 58.8 Å². The van der Waals surface area contributed by atoms with E-state index in [4.69, 9.17) is 4.74 Å². The third kappa shape index (κ3) is 6.32. The van der Waals surface area contributed by atoms with Crippen LogP contribution in [0.2, 0.25) is 0 Å². The first kappa shape index (κ1) is 17.7. The number of allylic oxidation sites excluding steroid dienone is 1. The number of carbonyl (C=O) groups is 2. The van der Waals surface area contributed by atoms with E-state index >= 15 is 0 Å². The summed E-state index contributed by atoms with van der Waals surface area (Å²) in [6.07, 6.45) is 7.67. The van der Waals surface area contributed by atoms with Gasteiger partial charge < -0.3 is 9.84 Å². The summed E-state index contributed by atoms with van der Waals surface area (Å²) in [6.45, 7) is 7.98. The average molecular weight is 296 g/mol. The molecule has 0 unspecified atom stereocenters. The van der Waals surface area contributed by atoms with E-state index in [2.05, 4.69) is 6.58 Å². The molecule has 120 valence electrons. The Labute approximate surface area is 127 Å². The highest BCUT2D eigenvalue weighted by Gasteiger charge is 2.32. The molecule has 1 rings (SSSR count). The zero-order chi connectivity index (χ0) is 15.9. The first-order valence-electron chi connectivity index (χ1n) is 7.85. The van der Waals surface area contributed by atoms with Crippen LogP contribution in [0.5, 0.6) is 0 Å². The lowest BCUT2D eigenvalue weighted by Crippen LogP contribution is -2.30. The molecule has 1 saturated carbocycles. The SMILES string of the molecule is C=CCC(C)(C)COC(=O)C[C@H](C(=O)O)C1CCCCC1. The lowest BCUT2D eigenvalue weighted by molar-refractivity contribution is -0.155. The second-order valence-electron chi connectivity index (χ2n) is 6.86. The summed E-state index contributed by atoms with van der Waals surface area (Å²) >= 11 is 0. The summed E-state index contributed by atoms with van der Waals surface area (Å²) in [5.74, 6) is -1.75. The molecule has 0 aromatic heterocycles. The van der Waals surface area contributed by atoms with E-state index in [1.54, 1.807) is 6.08 Å². The van der Waals surface area contributed by atoms with Crippen LogP contribution in [0, 0.1) is 17.3 Å². The molecule has 1 N–H and O–H groups in total. The molecule has 21 heavy (non-hydrogen) atoms. The maximum atomic E-state index is 11.9. The quantitative estimate of drug-likeness (QED) is 0.546. The lowest BCUT2D eigenvalue weighted by atomic mass is 9.78. The van der Waals surface area contributed by atoms with Gasteiger partial charge in [0, 0.05) is 5.41 Å². The number of carbonyl (C=O) groups excluding carboxylic acids is 1. The summed E-state index contributed by atoms with van der Waals surface area (Å²) in [5.41, 5.74) is -0.152. The van der Waals surface area contributed by atoms with Crippen LogP contribution in [0.4, 0.5) is 0 Å². The van der Waals surface area contributed by atoms with E-state index in [0.29, 0.717) is 6.61 Å². The Morgan fingerprint density at radius 2 is 1.95 bits per heavy atom. The van der Waals surface area contributed by atoms with Gasteiger partial charge in [-0.2, -0.15) is 0 Å². The van der Waals surface area contributed by atoms with Crippen molar-refractivity contribution in [2.45, 2.75) is 58.8 Å². The van der Waals surface area contributed by atoms with Crippen LogP contribution < -0.4 is 0 Å². The molecule has 4 heteroatoms. The number of carboxylic acid groups (broad SMARTS) is 1. The smallest absolute Gasteiger partial charge is 0.307 e. The Morgan fingerprint density at radius 1 is 1.33 bits per heavy atom. The van der Waals surface area contributed by atoms with Gasteiger partial charge in [-0.05, 0) is 25.2 Å². The summed E-state index contributed by atoms with van der Waals surface area (Å²) < 4.78 is 5.28. The molecule has 1 atom stereocenters. The standard InChI is InChI=1S/C17H28O4/c1-4-10-17(2,3)12-21-15(18)11-14(16(19)20)13-8-6-5-7-9-13/h4,13-14H,1,5-12H2,2-3H3,(H,19,20)/t14-/m0/s1. The van der Waals surface area contributed by atoms with Crippen LogP contribution >= 0.6 is 0 Å². The molecule has 0 aromatic carbocycles. The van der Waals surface area contributed by atoms with E-state index in [0.717, 1.165) is 32.1 Å². The Balaban J connectivity index is 2.49. The molecule has 0 heterocycles. The van der Waals surface area contributed by atoms with Gasteiger partial charge in [-0.25, -0.2) is 0 Å². The number of hydrogen-bond donors (Lipinski definition) is 1. The number of esters is 1. The molecule has 0 aromatic rings. The fourth-order valence-electron chi connectivity index (χ4n) is 2.96. The van der Waals surface area contributed by atoms with Gasteiger partial charge in [-0.3, -0.25) is 9.59 Å². The van der Waals surface area contributed by atoms with Crippen molar-refractivity contribution in [3.05, 3.63) is 12.7 Å². The average Bonchev–Trinajstić information content (AvgIpc) is 2.43. The molecule has 1 aliphatic rings.